The smallest absolute Gasteiger partial charge is 0.410 e. The summed E-state index contributed by atoms with van der Waals surface area (Å²) < 4.78 is 5.44. The molecule has 1 aromatic rings. The minimum Gasteiger partial charge on any atom is -0.444 e. The Morgan fingerprint density at radius 3 is 2.41 bits per heavy atom. The fourth-order valence-corrected chi connectivity index (χ4v) is 3.15. The van der Waals surface area contributed by atoms with Crippen molar-refractivity contribution in [1.29, 1.82) is 0 Å². The van der Waals surface area contributed by atoms with Gasteiger partial charge < -0.3 is 15.4 Å². The first-order valence-electron chi connectivity index (χ1n) is 7.35. The number of ether oxygens (including phenoxy) is 1. The average Bonchev–Trinajstić information content (AvgIpc) is 2.35. The Morgan fingerprint density at radius 1 is 1.27 bits per heavy atom. The van der Waals surface area contributed by atoms with E-state index in [1.165, 1.54) is 0 Å². The highest BCUT2D eigenvalue weighted by Crippen LogP contribution is 2.31. The highest BCUT2D eigenvalue weighted by atomic mass is 35.5. The summed E-state index contributed by atoms with van der Waals surface area (Å²) >= 11 is 12.1. The molecule has 1 amide bonds. The Bertz CT molecular complexity index is 537. The van der Waals surface area contributed by atoms with Crippen molar-refractivity contribution < 1.29 is 9.53 Å². The molecule has 0 spiro atoms. The third kappa shape index (κ3) is 4.51. The number of hydrogen-bond donors (Lipinski definition) is 1. The Balaban J connectivity index is 2.16. The second-order valence-corrected chi connectivity index (χ2v) is 7.56. The molecule has 0 bridgehead atoms. The summed E-state index contributed by atoms with van der Waals surface area (Å²) in [4.78, 5) is 13.9. The number of benzene rings is 1. The maximum absolute atomic E-state index is 12.2. The topological polar surface area (TPSA) is 55.6 Å². The van der Waals surface area contributed by atoms with E-state index < -0.39 is 5.60 Å². The van der Waals surface area contributed by atoms with Gasteiger partial charge in [0.1, 0.15) is 5.60 Å². The van der Waals surface area contributed by atoms with Crippen molar-refractivity contribution in [2.24, 2.45) is 5.73 Å². The van der Waals surface area contributed by atoms with E-state index in [1.54, 1.807) is 11.0 Å². The van der Waals surface area contributed by atoms with Crippen LogP contribution in [0.2, 0.25) is 10.0 Å². The van der Waals surface area contributed by atoms with Crippen molar-refractivity contribution >= 4 is 29.3 Å². The number of nitrogens with two attached hydrogens (primary N) is 1. The van der Waals surface area contributed by atoms with Crippen LogP contribution in [0.1, 0.15) is 38.7 Å². The zero-order chi connectivity index (χ0) is 16.5. The minimum absolute atomic E-state index is 0.00234. The predicted octanol–water partition coefficient (Wildman–Crippen LogP) is 4.05. The highest BCUT2D eigenvalue weighted by molar-refractivity contribution is 6.34. The van der Waals surface area contributed by atoms with Gasteiger partial charge in [0.15, 0.2) is 0 Å². The standard InChI is InChI=1S/C16H22Cl2N2O2/c1-16(2,3)22-15(21)20-5-4-14(19)13(9-20)10-6-11(17)8-12(18)7-10/h6-8,13-14H,4-5,9,19H2,1-3H3/t13-,14?/m0/s1. The lowest BCUT2D eigenvalue weighted by Crippen LogP contribution is -2.49. The molecule has 1 unspecified atom stereocenters. The first kappa shape index (κ1) is 17.4. The summed E-state index contributed by atoms with van der Waals surface area (Å²) in [5.74, 6) is -0.00234. The number of rotatable bonds is 1. The summed E-state index contributed by atoms with van der Waals surface area (Å²) in [7, 11) is 0. The monoisotopic (exact) mass is 344 g/mol. The van der Waals surface area contributed by atoms with Crippen molar-refractivity contribution in [3.8, 4) is 0 Å². The molecule has 1 aromatic carbocycles. The molecule has 0 saturated carbocycles. The van der Waals surface area contributed by atoms with E-state index in [2.05, 4.69) is 0 Å². The van der Waals surface area contributed by atoms with Gasteiger partial charge in [-0.3, -0.25) is 0 Å². The van der Waals surface area contributed by atoms with Crippen LogP contribution >= 0.6 is 23.2 Å². The molecule has 0 aliphatic carbocycles. The van der Waals surface area contributed by atoms with Gasteiger partial charge in [0, 0.05) is 35.1 Å². The quantitative estimate of drug-likeness (QED) is 0.836. The minimum atomic E-state index is -0.508. The fraction of sp³-hybridized carbons (Fsp3) is 0.562. The molecule has 1 fully saturated rings. The normalized spacial score (nSPS) is 22.5. The Hall–Kier alpha value is -0.970. The van der Waals surface area contributed by atoms with Gasteiger partial charge >= 0.3 is 6.09 Å². The van der Waals surface area contributed by atoms with Gasteiger partial charge in [-0.05, 0) is 51.0 Å². The molecule has 1 aliphatic rings. The Kier molecular flexibility index (Phi) is 5.25. The lowest BCUT2D eigenvalue weighted by atomic mass is 9.87. The van der Waals surface area contributed by atoms with Crippen molar-refractivity contribution in [3.05, 3.63) is 33.8 Å². The molecule has 4 nitrogen and oxygen atoms in total. The summed E-state index contributed by atoms with van der Waals surface area (Å²) in [6.07, 6.45) is 0.408. The number of nitrogens with zero attached hydrogens (tertiary/aromatic N) is 1. The number of amides is 1. The molecule has 1 saturated heterocycles. The maximum Gasteiger partial charge on any atom is 0.410 e. The van der Waals surface area contributed by atoms with Crippen LogP contribution in [0.5, 0.6) is 0 Å². The Labute approximate surface area is 141 Å². The molecule has 2 atom stereocenters. The molecule has 0 radical (unpaired) electrons. The molecule has 122 valence electrons. The number of hydrogen-bond acceptors (Lipinski definition) is 3. The average molecular weight is 345 g/mol. The number of carbonyl (C=O) groups is 1. The van der Waals surface area contributed by atoms with Gasteiger partial charge in [-0.1, -0.05) is 23.2 Å². The van der Waals surface area contributed by atoms with Crippen molar-refractivity contribution in [1.82, 2.24) is 4.90 Å². The molecule has 1 heterocycles. The number of likely N-dealkylation sites (tertiary alicyclic amines) is 1. The maximum atomic E-state index is 12.2. The second-order valence-electron chi connectivity index (χ2n) is 6.69. The van der Waals surface area contributed by atoms with Crippen LogP contribution in [0.3, 0.4) is 0 Å². The largest absolute Gasteiger partial charge is 0.444 e. The van der Waals surface area contributed by atoms with E-state index in [4.69, 9.17) is 33.7 Å². The molecular formula is C16H22Cl2N2O2. The summed E-state index contributed by atoms with van der Waals surface area (Å²) in [5.41, 5.74) is 6.68. The van der Waals surface area contributed by atoms with Crippen LogP contribution in [-0.2, 0) is 4.74 Å². The fourth-order valence-electron chi connectivity index (χ4n) is 2.60. The van der Waals surface area contributed by atoms with Crippen molar-refractivity contribution in [3.63, 3.8) is 0 Å². The molecule has 1 aliphatic heterocycles. The van der Waals surface area contributed by atoms with Gasteiger partial charge in [0.2, 0.25) is 0 Å². The summed E-state index contributed by atoms with van der Waals surface area (Å²) in [5, 5.41) is 1.15. The highest BCUT2D eigenvalue weighted by Gasteiger charge is 2.32. The summed E-state index contributed by atoms with van der Waals surface area (Å²) in [6.45, 7) is 6.67. The van der Waals surface area contributed by atoms with Gasteiger partial charge in [0.05, 0.1) is 0 Å². The van der Waals surface area contributed by atoms with Crippen LogP contribution in [0.15, 0.2) is 18.2 Å². The van der Waals surface area contributed by atoms with Gasteiger partial charge in [-0.15, -0.1) is 0 Å². The van der Waals surface area contributed by atoms with Crippen molar-refractivity contribution in [2.75, 3.05) is 13.1 Å². The van der Waals surface area contributed by atoms with Crippen LogP contribution < -0.4 is 5.73 Å². The number of piperidine rings is 1. The van der Waals surface area contributed by atoms with Gasteiger partial charge in [0.25, 0.3) is 0 Å². The first-order valence-corrected chi connectivity index (χ1v) is 8.11. The lowest BCUT2D eigenvalue weighted by Gasteiger charge is -2.37. The van der Waals surface area contributed by atoms with E-state index in [-0.39, 0.29) is 18.1 Å². The van der Waals surface area contributed by atoms with Gasteiger partial charge in [-0.2, -0.15) is 0 Å². The molecule has 22 heavy (non-hydrogen) atoms. The SMILES string of the molecule is CC(C)(C)OC(=O)N1CCC(N)[C@H](c2cc(Cl)cc(Cl)c2)C1. The number of carbonyl (C=O) groups excluding carboxylic acids is 1. The molecule has 6 heteroatoms. The van der Waals surface area contributed by atoms with E-state index in [0.717, 1.165) is 5.56 Å². The van der Waals surface area contributed by atoms with Crippen molar-refractivity contribution in [2.45, 2.75) is 44.8 Å². The van der Waals surface area contributed by atoms with Crippen LogP contribution in [-0.4, -0.2) is 35.7 Å². The lowest BCUT2D eigenvalue weighted by molar-refractivity contribution is 0.0186. The molecule has 0 aromatic heterocycles. The first-order chi connectivity index (χ1) is 10.2. The molecule has 2 rings (SSSR count). The third-order valence-corrected chi connectivity index (χ3v) is 4.07. The van der Waals surface area contributed by atoms with E-state index in [0.29, 0.717) is 29.6 Å². The Morgan fingerprint density at radius 2 is 1.86 bits per heavy atom. The molecule has 2 N–H and O–H groups in total. The van der Waals surface area contributed by atoms with Crippen LogP contribution in [0.25, 0.3) is 0 Å². The zero-order valence-corrected chi connectivity index (χ0v) is 14.6. The molecular weight excluding hydrogens is 323 g/mol. The number of halogens is 2. The van der Waals surface area contributed by atoms with Gasteiger partial charge in [-0.25, -0.2) is 4.79 Å². The third-order valence-electron chi connectivity index (χ3n) is 3.63. The van der Waals surface area contributed by atoms with E-state index in [9.17, 15) is 4.79 Å². The van der Waals surface area contributed by atoms with Crippen LogP contribution in [0.4, 0.5) is 4.79 Å². The summed E-state index contributed by atoms with van der Waals surface area (Å²) in [6, 6.07) is 5.37. The predicted molar refractivity (Wildman–Crippen MR) is 89.6 cm³/mol. The van der Waals surface area contributed by atoms with Crippen LogP contribution in [0, 0.1) is 0 Å². The second kappa shape index (κ2) is 6.65. The van der Waals surface area contributed by atoms with E-state index >= 15 is 0 Å². The van der Waals surface area contributed by atoms with E-state index in [1.807, 2.05) is 32.9 Å². The zero-order valence-electron chi connectivity index (χ0n) is 13.1.